The van der Waals surface area contributed by atoms with Gasteiger partial charge in [0.2, 0.25) is 0 Å². The van der Waals surface area contributed by atoms with E-state index in [2.05, 4.69) is 50.4 Å². The number of benzene rings is 1. The second-order valence-corrected chi connectivity index (χ2v) is 6.56. The molecule has 0 aliphatic heterocycles. The molecule has 1 N–H and O–H groups in total. The topological polar surface area (TPSA) is 21.3 Å². The molecule has 0 saturated heterocycles. The molecule has 0 aromatic heterocycles. The zero-order valence-electron chi connectivity index (χ0n) is 13.0. The normalized spacial score (nSPS) is 28.8. The first-order valence-corrected chi connectivity index (χ1v) is 8.10. The third-order valence-electron chi connectivity index (χ3n) is 5.54. The van der Waals surface area contributed by atoms with Crippen LogP contribution in [0.25, 0.3) is 0 Å². The summed E-state index contributed by atoms with van der Waals surface area (Å²) in [5.41, 5.74) is 3.27. The van der Waals surface area contributed by atoms with Crippen LogP contribution in [-0.2, 0) is 4.74 Å². The van der Waals surface area contributed by atoms with Crippen molar-refractivity contribution in [2.24, 2.45) is 5.41 Å². The molecule has 3 atom stereocenters. The molecule has 2 heteroatoms. The van der Waals surface area contributed by atoms with E-state index >= 15 is 0 Å². The number of hydrogen-bond donors (Lipinski definition) is 1. The van der Waals surface area contributed by atoms with E-state index in [4.69, 9.17) is 4.74 Å². The number of nitrogens with one attached hydrogen (secondary N) is 1. The van der Waals surface area contributed by atoms with Crippen molar-refractivity contribution in [2.45, 2.75) is 64.6 Å². The third kappa shape index (κ3) is 2.19. The van der Waals surface area contributed by atoms with E-state index in [1.807, 2.05) is 0 Å². The Morgan fingerprint density at radius 3 is 2.70 bits per heavy atom. The first kappa shape index (κ1) is 14.1. The largest absolute Gasteiger partial charge is 0.378 e. The molecule has 2 aliphatic carbocycles. The summed E-state index contributed by atoms with van der Waals surface area (Å²) in [6.07, 6.45) is 5.75. The molecule has 0 bridgehead atoms. The maximum Gasteiger partial charge on any atom is 0.0661 e. The van der Waals surface area contributed by atoms with E-state index in [1.165, 1.54) is 36.8 Å². The average molecular weight is 273 g/mol. The fourth-order valence-corrected chi connectivity index (χ4v) is 4.14. The van der Waals surface area contributed by atoms with Crippen molar-refractivity contribution < 1.29 is 4.74 Å². The van der Waals surface area contributed by atoms with Crippen LogP contribution in [0.15, 0.2) is 24.3 Å². The smallest absolute Gasteiger partial charge is 0.0661 e. The Morgan fingerprint density at radius 2 is 2.10 bits per heavy atom. The van der Waals surface area contributed by atoms with Gasteiger partial charge >= 0.3 is 0 Å². The summed E-state index contributed by atoms with van der Waals surface area (Å²) < 4.78 is 5.94. The zero-order valence-corrected chi connectivity index (χ0v) is 13.0. The molecule has 0 amide bonds. The van der Waals surface area contributed by atoms with Crippen molar-refractivity contribution in [1.29, 1.82) is 0 Å². The highest BCUT2D eigenvalue weighted by Gasteiger charge is 2.58. The molecule has 20 heavy (non-hydrogen) atoms. The van der Waals surface area contributed by atoms with Gasteiger partial charge in [0.25, 0.3) is 0 Å². The molecule has 0 radical (unpaired) electrons. The van der Waals surface area contributed by atoms with Crippen LogP contribution >= 0.6 is 0 Å². The van der Waals surface area contributed by atoms with E-state index in [0.717, 1.165) is 6.61 Å². The van der Waals surface area contributed by atoms with Crippen LogP contribution in [0.2, 0.25) is 0 Å². The van der Waals surface area contributed by atoms with E-state index in [1.54, 1.807) is 0 Å². The van der Waals surface area contributed by atoms with Crippen molar-refractivity contribution in [3.8, 4) is 0 Å². The first-order valence-electron chi connectivity index (χ1n) is 8.10. The van der Waals surface area contributed by atoms with E-state index < -0.39 is 0 Å². The number of rotatable bonds is 5. The Bertz CT molecular complexity index is 466. The maximum atomic E-state index is 5.94. The average Bonchev–Trinajstić information content (AvgIpc) is 2.35. The van der Waals surface area contributed by atoms with Crippen LogP contribution in [0.4, 0.5) is 0 Å². The van der Waals surface area contributed by atoms with Gasteiger partial charge < -0.3 is 10.1 Å². The van der Waals surface area contributed by atoms with Crippen molar-refractivity contribution in [1.82, 2.24) is 5.32 Å². The molecule has 2 aliphatic rings. The SMILES string of the molecule is CCOC1CC(N[C@H](C)c2ccccc2C)C12CCC2. The Labute approximate surface area is 122 Å². The Kier molecular flexibility index (Phi) is 3.87. The van der Waals surface area contributed by atoms with Gasteiger partial charge in [-0.15, -0.1) is 0 Å². The van der Waals surface area contributed by atoms with Gasteiger partial charge in [-0.05, 0) is 51.2 Å². The summed E-state index contributed by atoms with van der Waals surface area (Å²) in [6.45, 7) is 7.47. The molecule has 2 nitrogen and oxygen atoms in total. The van der Waals surface area contributed by atoms with Crippen molar-refractivity contribution in [3.05, 3.63) is 35.4 Å². The Morgan fingerprint density at radius 1 is 1.35 bits per heavy atom. The van der Waals surface area contributed by atoms with Gasteiger partial charge in [0.05, 0.1) is 6.10 Å². The number of hydrogen-bond acceptors (Lipinski definition) is 2. The molecule has 1 aromatic carbocycles. The van der Waals surface area contributed by atoms with Crippen molar-refractivity contribution in [3.63, 3.8) is 0 Å². The molecule has 3 rings (SSSR count). The van der Waals surface area contributed by atoms with Crippen LogP contribution in [-0.4, -0.2) is 18.8 Å². The highest BCUT2D eigenvalue weighted by atomic mass is 16.5. The van der Waals surface area contributed by atoms with Gasteiger partial charge in [-0.25, -0.2) is 0 Å². The minimum Gasteiger partial charge on any atom is -0.378 e. The Hall–Kier alpha value is -0.860. The van der Waals surface area contributed by atoms with E-state index in [0.29, 0.717) is 23.6 Å². The molecule has 110 valence electrons. The minimum atomic E-state index is 0.432. The summed E-state index contributed by atoms with van der Waals surface area (Å²) in [7, 11) is 0. The van der Waals surface area contributed by atoms with Gasteiger partial charge in [-0.2, -0.15) is 0 Å². The fourth-order valence-electron chi connectivity index (χ4n) is 4.14. The lowest BCUT2D eigenvalue weighted by Crippen LogP contribution is -2.67. The third-order valence-corrected chi connectivity index (χ3v) is 5.54. The molecule has 2 unspecified atom stereocenters. The highest BCUT2D eigenvalue weighted by Crippen LogP contribution is 2.57. The number of aryl methyl sites for hydroxylation is 1. The zero-order chi connectivity index (χ0) is 14.2. The summed E-state index contributed by atoms with van der Waals surface area (Å²) in [5, 5.41) is 3.87. The van der Waals surface area contributed by atoms with Crippen LogP contribution in [0, 0.1) is 12.3 Å². The van der Waals surface area contributed by atoms with Crippen molar-refractivity contribution in [2.75, 3.05) is 6.61 Å². The van der Waals surface area contributed by atoms with E-state index in [9.17, 15) is 0 Å². The minimum absolute atomic E-state index is 0.432. The molecule has 0 heterocycles. The summed E-state index contributed by atoms with van der Waals surface area (Å²) in [4.78, 5) is 0. The maximum absolute atomic E-state index is 5.94. The van der Waals surface area contributed by atoms with E-state index in [-0.39, 0.29) is 0 Å². The van der Waals surface area contributed by atoms with Gasteiger partial charge in [0.15, 0.2) is 0 Å². The predicted molar refractivity (Wildman–Crippen MR) is 82.8 cm³/mol. The van der Waals surface area contributed by atoms with Gasteiger partial charge in [-0.3, -0.25) is 0 Å². The molecular formula is C18H27NO. The van der Waals surface area contributed by atoms with Gasteiger partial charge in [-0.1, -0.05) is 30.7 Å². The molecule has 1 spiro atoms. The van der Waals surface area contributed by atoms with Crippen LogP contribution in [0.1, 0.15) is 56.7 Å². The predicted octanol–water partition coefficient (Wildman–Crippen LogP) is 3.99. The fraction of sp³-hybridized carbons (Fsp3) is 0.667. The second-order valence-electron chi connectivity index (χ2n) is 6.56. The monoisotopic (exact) mass is 273 g/mol. The summed E-state index contributed by atoms with van der Waals surface area (Å²) >= 11 is 0. The first-order chi connectivity index (χ1) is 9.67. The summed E-state index contributed by atoms with van der Waals surface area (Å²) in [6, 6.07) is 9.79. The Balaban J connectivity index is 1.66. The highest BCUT2D eigenvalue weighted by molar-refractivity contribution is 5.29. The lowest BCUT2D eigenvalue weighted by Gasteiger charge is -2.61. The van der Waals surface area contributed by atoms with Gasteiger partial charge in [0.1, 0.15) is 0 Å². The lowest BCUT2D eigenvalue weighted by atomic mass is 9.51. The quantitative estimate of drug-likeness (QED) is 0.875. The molecular weight excluding hydrogens is 246 g/mol. The molecule has 2 fully saturated rings. The number of ether oxygens (including phenoxy) is 1. The van der Waals surface area contributed by atoms with Crippen LogP contribution < -0.4 is 5.32 Å². The van der Waals surface area contributed by atoms with Crippen LogP contribution in [0.5, 0.6) is 0 Å². The lowest BCUT2D eigenvalue weighted by molar-refractivity contribution is -0.174. The standard InChI is InChI=1S/C18H27NO/c1-4-20-17-12-16(18(17)10-7-11-18)19-14(3)15-9-6-5-8-13(15)2/h5-6,8-9,14,16-17,19H,4,7,10-12H2,1-3H3/t14-,16?,17?/m1/s1. The molecule has 1 aromatic rings. The molecule has 2 saturated carbocycles. The van der Waals surface area contributed by atoms with Gasteiger partial charge in [0, 0.05) is 24.1 Å². The summed E-state index contributed by atoms with van der Waals surface area (Å²) in [5.74, 6) is 0. The second kappa shape index (κ2) is 5.50. The van der Waals surface area contributed by atoms with Crippen LogP contribution in [0.3, 0.4) is 0 Å². The van der Waals surface area contributed by atoms with Crippen molar-refractivity contribution >= 4 is 0 Å².